The molecule has 0 saturated heterocycles. The van der Waals surface area contributed by atoms with E-state index in [4.69, 9.17) is 0 Å². The van der Waals surface area contributed by atoms with Gasteiger partial charge >= 0.3 is 0 Å². The van der Waals surface area contributed by atoms with Gasteiger partial charge in [-0.15, -0.1) is 11.3 Å². The molecule has 0 spiro atoms. The normalized spacial score (nSPS) is 11.8. The molecule has 0 amide bonds. The molecule has 0 bridgehead atoms. The molecule has 0 aliphatic heterocycles. The molecule has 0 aromatic carbocycles. The lowest BCUT2D eigenvalue weighted by Crippen LogP contribution is -2.24. The molecule has 3 aromatic heterocycles. The predicted octanol–water partition coefficient (Wildman–Crippen LogP) is 2.87. The number of carbonyl (C=O) groups is 1. The van der Waals surface area contributed by atoms with Crippen LogP contribution in [-0.4, -0.2) is 24.0 Å². The van der Waals surface area contributed by atoms with Crippen LogP contribution in [0.5, 0.6) is 0 Å². The van der Waals surface area contributed by atoms with Gasteiger partial charge in [0, 0.05) is 29.4 Å². The summed E-state index contributed by atoms with van der Waals surface area (Å²) in [5, 5.41) is 7.80. The van der Waals surface area contributed by atoms with Crippen LogP contribution in [0, 0.1) is 13.8 Å². The first-order valence-corrected chi connectivity index (χ1v) is 10.7. The van der Waals surface area contributed by atoms with E-state index in [1.807, 2.05) is 5.38 Å². The van der Waals surface area contributed by atoms with Gasteiger partial charge in [-0.3, -0.25) is 9.48 Å². The van der Waals surface area contributed by atoms with Crippen molar-refractivity contribution in [2.75, 3.05) is 0 Å². The SMILES string of the molecule is Cc1nn(C)c(C)c1S(=O)(=O)NCc1ccc(C(=O)c2ccsc2)s1. The van der Waals surface area contributed by atoms with Gasteiger partial charge in [0.25, 0.3) is 0 Å². The third-order valence-corrected chi connectivity index (χ3v) is 7.24. The average molecular weight is 396 g/mol. The Labute approximate surface area is 154 Å². The van der Waals surface area contributed by atoms with Gasteiger partial charge in [-0.05, 0) is 37.4 Å². The topological polar surface area (TPSA) is 81.1 Å². The van der Waals surface area contributed by atoms with Crippen LogP contribution in [0.4, 0.5) is 0 Å². The first-order valence-electron chi connectivity index (χ1n) is 7.45. The second kappa shape index (κ2) is 6.83. The van der Waals surface area contributed by atoms with Gasteiger partial charge in [-0.25, -0.2) is 13.1 Å². The highest BCUT2D eigenvalue weighted by molar-refractivity contribution is 7.89. The molecular weight excluding hydrogens is 378 g/mol. The van der Waals surface area contributed by atoms with Crippen LogP contribution in [0.25, 0.3) is 0 Å². The number of hydrogen-bond acceptors (Lipinski definition) is 6. The molecule has 3 rings (SSSR count). The number of aryl methyl sites for hydroxylation is 2. The van der Waals surface area contributed by atoms with Gasteiger partial charge in [0.1, 0.15) is 4.90 Å². The minimum absolute atomic E-state index is 0.0423. The lowest BCUT2D eigenvalue weighted by molar-refractivity contribution is 0.104. The molecule has 0 aliphatic carbocycles. The maximum Gasteiger partial charge on any atom is 0.244 e. The molecule has 3 heterocycles. The monoisotopic (exact) mass is 395 g/mol. The van der Waals surface area contributed by atoms with Crippen molar-refractivity contribution in [2.45, 2.75) is 25.3 Å². The number of thiophene rings is 2. The minimum Gasteiger partial charge on any atom is -0.288 e. The van der Waals surface area contributed by atoms with Gasteiger partial charge in [0.05, 0.1) is 16.3 Å². The highest BCUT2D eigenvalue weighted by Crippen LogP contribution is 2.23. The van der Waals surface area contributed by atoms with Gasteiger partial charge in [-0.1, -0.05) is 0 Å². The lowest BCUT2D eigenvalue weighted by Gasteiger charge is -2.06. The standard InChI is InChI=1S/C16H17N3O3S3/c1-10-16(11(2)19(3)18-10)25(21,22)17-8-13-4-5-14(24-13)15(20)12-6-7-23-9-12/h4-7,9,17H,8H2,1-3H3. The molecule has 132 valence electrons. The number of nitrogens with one attached hydrogen (secondary N) is 1. The van der Waals surface area contributed by atoms with Crippen molar-refractivity contribution < 1.29 is 13.2 Å². The Bertz CT molecular complexity index is 1010. The van der Waals surface area contributed by atoms with E-state index in [0.717, 1.165) is 4.88 Å². The van der Waals surface area contributed by atoms with Crippen LogP contribution in [0.15, 0.2) is 33.9 Å². The van der Waals surface area contributed by atoms with Crippen LogP contribution in [0.2, 0.25) is 0 Å². The Kier molecular flexibility index (Phi) is 4.92. The van der Waals surface area contributed by atoms with E-state index in [1.54, 1.807) is 49.2 Å². The largest absolute Gasteiger partial charge is 0.288 e. The maximum atomic E-state index is 12.6. The zero-order valence-corrected chi connectivity index (χ0v) is 16.4. The van der Waals surface area contributed by atoms with Crippen molar-refractivity contribution in [3.05, 3.63) is 55.7 Å². The number of nitrogens with zero attached hydrogens (tertiary/aromatic N) is 2. The van der Waals surface area contributed by atoms with E-state index in [2.05, 4.69) is 9.82 Å². The Morgan fingerprint density at radius 3 is 2.64 bits per heavy atom. The zero-order valence-electron chi connectivity index (χ0n) is 13.9. The van der Waals surface area contributed by atoms with E-state index >= 15 is 0 Å². The summed E-state index contributed by atoms with van der Waals surface area (Å²) in [6, 6.07) is 5.29. The van der Waals surface area contributed by atoms with Crippen LogP contribution in [-0.2, 0) is 23.6 Å². The van der Waals surface area contributed by atoms with Gasteiger partial charge in [0.15, 0.2) is 0 Å². The van der Waals surface area contributed by atoms with Gasteiger partial charge in [-0.2, -0.15) is 16.4 Å². The molecule has 9 heteroatoms. The van der Waals surface area contributed by atoms with Crippen LogP contribution < -0.4 is 4.72 Å². The second-order valence-corrected chi connectivity index (χ2v) is 9.21. The summed E-state index contributed by atoms with van der Waals surface area (Å²) < 4.78 is 29.3. The van der Waals surface area contributed by atoms with Crippen LogP contribution in [0.1, 0.15) is 31.5 Å². The highest BCUT2D eigenvalue weighted by atomic mass is 32.2. The average Bonchev–Trinajstić information content (AvgIpc) is 3.27. The van der Waals surface area contributed by atoms with Crippen LogP contribution in [0.3, 0.4) is 0 Å². The molecule has 0 aliphatic rings. The molecule has 25 heavy (non-hydrogen) atoms. The van der Waals surface area contributed by atoms with E-state index in [0.29, 0.717) is 21.8 Å². The van der Waals surface area contributed by atoms with Crippen LogP contribution >= 0.6 is 22.7 Å². The number of ketones is 1. The summed E-state index contributed by atoms with van der Waals surface area (Å²) in [5.41, 5.74) is 1.71. The second-order valence-electron chi connectivity index (χ2n) is 5.56. The Hall–Kier alpha value is -1.81. The van der Waals surface area contributed by atoms with E-state index < -0.39 is 10.0 Å². The minimum atomic E-state index is -3.66. The molecule has 0 atom stereocenters. The lowest BCUT2D eigenvalue weighted by atomic mass is 10.2. The molecule has 3 aromatic rings. The summed E-state index contributed by atoms with van der Waals surface area (Å²) in [6.45, 7) is 3.53. The highest BCUT2D eigenvalue weighted by Gasteiger charge is 2.23. The van der Waals surface area contributed by atoms with Gasteiger partial charge in [0.2, 0.25) is 15.8 Å². The van der Waals surface area contributed by atoms with Crippen molar-refractivity contribution in [2.24, 2.45) is 7.05 Å². The van der Waals surface area contributed by atoms with E-state index in [1.165, 1.54) is 22.7 Å². The Morgan fingerprint density at radius 1 is 1.28 bits per heavy atom. The Balaban J connectivity index is 1.75. The molecule has 0 saturated carbocycles. The summed E-state index contributed by atoms with van der Waals surface area (Å²) in [7, 11) is -1.95. The summed E-state index contributed by atoms with van der Waals surface area (Å²) in [4.78, 5) is 13.9. The number of rotatable bonds is 6. The van der Waals surface area contributed by atoms with E-state index in [9.17, 15) is 13.2 Å². The van der Waals surface area contributed by atoms with Gasteiger partial charge < -0.3 is 0 Å². The van der Waals surface area contributed by atoms with Crippen molar-refractivity contribution in [1.82, 2.24) is 14.5 Å². The fourth-order valence-electron chi connectivity index (χ4n) is 2.51. The molecule has 0 unspecified atom stereocenters. The Morgan fingerprint density at radius 2 is 2.04 bits per heavy atom. The number of sulfonamides is 1. The number of carbonyl (C=O) groups excluding carboxylic acids is 1. The maximum absolute atomic E-state index is 12.6. The van der Waals surface area contributed by atoms with Crippen molar-refractivity contribution in [3.63, 3.8) is 0 Å². The molecular formula is C16H17N3O3S3. The first-order chi connectivity index (χ1) is 11.8. The van der Waals surface area contributed by atoms with Crippen molar-refractivity contribution in [1.29, 1.82) is 0 Å². The smallest absolute Gasteiger partial charge is 0.244 e. The van der Waals surface area contributed by atoms with Crippen molar-refractivity contribution >= 4 is 38.5 Å². The predicted molar refractivity (Wildman–Crippen MR) is 98.8 cm³/mol. The zero-order chi connectivity index (χ0) is 18.2. The fourth-order valence-corrected chi connectivity index (χ4v) is 5.59. The fraction of sp³-hybridized carbons (Fsp3) is 0.250. The number of hydrogen-bond donors (Lipinski definition) is 1. The molecule has 0 fully saturated rings. The molecule has 1 N–H and O–H groups in total. The first kappa shape index (κ1) is 18.0. The summed E-state index contributed by atoms with van der Waals surface area (Å²) >= 11 is 2.77. The quantitative estimate of drug-likeness (QED) is 0.651. The van der Waals surface area contributed by atoms with E-state index in [-0.39, 0.29) is 17.2 Å². The molecule has 0 radical (unpaired) electrons. The van der Waals surface area contributed by atoms with Crippen molar-refractivity contribution in [3.8, 4) is 0 Å². The summed E-state index contributed by atoms with van der Waals surface area (Å²) in [5.74, 6) is -0.0423. The third kappa shape index (κ3) is 3.59. The molecule has 6 nitrogen and oxygen atoms in total. The number of aromatic nitrogens is 2. The summed E-state index contributed by atoms with van der Waals surface area (Å²) in [6.07, 6.45) is 0. The third-order valence-electron chi connectivity index (χ3n) is 3.82.